The number of hydrogen-bond donors (Lipinski definition) is 1. The lowest BCUT2D eigenvalue weighted by Gasteiger charge is -2.18. The Morgan fingerprint density at radius 2 is 1.65 bits per heavy atom. The van der Waals surface area contributed by atoms with Gasteiger partial charge in [0.05, 0.1) is 4.90 Å². The van der Waals surface area contributed by atoms with Crippen LogP contribution in [0.4, 0.5) is 8.78 Å². The molecule has 0 bridgehead atoms. The predicted octanol–water partition coefficient (Wildman–Crippen LogP) is 2.93. The van der Waals surface area contributed by atoms with Gasteiger partial charge in [-0.1, -0.05) is 13.8 Å². The van der Waals surface area contributed by atoms with Crippen molar-refractivity contribution in [2.75, 3.05) is 13.1 Å². The Morgan fingerprint density at radius 1 is 1.04 bits per heavy atom. The Morgan fingerprint density at radius 3 is 2.23 bits per heavy atom. The summed E-state index contributed by atoms with van der Waals surface area (Å²) < 4.78 is 52.8. The lowest BCUT2D eigenvalue weighted by Crippen LogP contribution is -2.30. The summed E-state index contributed by atoms with van der Waals surface area (Å²) >= 11 is 0. The van der Waals surface area contributed by atoms with Crippen LogP contribution in [0.25, 0.3) is 0 Å². The van der Waals surface area contributed by atoms with Gasteiger partial charge in [0.15, 0.2) is 0 Å². The molecule has 2 aromatic carbocycles. The van der Waals surface area contributed by atoms with Gasteiger partial charge < -0.3 is 5.32 Å². The van der Waals surface area contributed by atoms with Crippen LogP contribution in [0.2, 0.25) is 0 Å². The van der Waals surface area contributed by atoms with Gasteiger partial charge in [-0.3, -0.25) is 4.79 Å². The fourth-order valence-electron chi connectivity index (χ4n) is 2.45. The zero-order valence-corrected chi connectivity index (χ0v) is 15.3. The first-order valence-corrected chi connectivity index (χ1v) is 9.56. The quantitative estimate of drug-likeness (QED) is 0.801. The van der Waals surface area contributed by atoms with Crippen LogP contribution in [0.1, 0.15) is 29.8 Å². The first-order chi connectivity index (χ1) is 12.3. The first kappa shape index (κ1) is 20.0. The summed E-state index contributed by atoms with van der Waals surface area (Å²) in [6.07, 6.45) is 0. The summed E-state index contributed by atoms with van der Waals surface area (Å²) in [7, 11) is -3.60. The number of amides is 1. The Balaban J connectivity index is 2.10. The van der Waals surface area contributed by atoms with Gasteiger partial charge in [0.1, 0.15) is 11.6 Å². The summed E-state index contributed by atoms with van der Waals surface area (Å²) in [5, 5.41) is 2.48. The zero-order valence-electron chi connectivity index (χ0n) is 14.5. The highest BCUT2D eigenvalue weighted by Gasteiger charge is 2.21. The van der Waals surface area contributed by atoms with Crippen molar-refractivity contribution in [2.24, 2.45) is 0 Å². The number of carbonyl (C=O) groups excluding carboxylic acids is 1. The lowest BCUT2D eigenvalue weighted by molar-refractivity contribution is 0.0950. The zero-order chi connectivity index (χ0) is 19.3. The molecular weight excluding hydrogens is 362 g/mol. The molecule has 140 valence electrons. The highest BCUT2D eigenvalue weighted by Crippen LogP contribution is 2.16. The molecule has 0 fully saturated rings. The molecule has 1 amide bonds. The molecule has 0 atom stereocenters. The molecule has 8 heteroatoms. The van der Waals surface area contributed by atoms with Crippen LogP contribution in [-0.4, -0.2) is 31.7 Å². The van der Waals surface area contributed by atoms with Crippen LogP contribution in [0.3, 0.4) is 0 Å². The molecule has 5 nitrogen and oxygen atoms in total. The molecular formula is C18H20F2N2O3S. The molecule has 26 heavy (non-hydrogen) atoms. The normalized spacial score (nSPS) is 11.6. The molecule has 0 spiro atoms. The summed E-state index contributed by atoms with van der Waals surface area (Å²) in [4.78, 5) is 12.2. The average molecular weight is 382 g/mol. The fraction of sp³-hybridized carbons (Fsp3) is 0.278. The number of sulfonamides is 1. The molecule has 0 aliphatic carbocycles. The third kappa shape index (κ3) is 4.44. The average Bonchev–Trinajstić information content (AvgIpc) is 2.63. The Bertz CT molecular complexity index is 880. The highest BCUT2D eigenvalue weighted by atomic mass is 32.2. The van der Waals surface area contributed by atoms with E-state index in [1.54, 1.807) is 13.8 Å². The monoisotopic (exact) mass is 382 g/mol. The van der Waals surface area contributed by atoms with Crippen LogP contribution < -0.4 is 5.32 Å². The number of nitrogens with zero attached hydrogens (tertiary/aromatic N) is 1. The van der Waals surface area contributed by atoms with E-state index in [1.165, 1.54) is 28.6 Å². The minimum atomic E-state index is -3.60. The van der Waals surface area contributed by atoms with E-state index in [4.69, 9.17) is 0 Å². The van der Waals surface area contributed by atoms with Crippen molar-refractivity contribution in [1.82, 2.24) is 9.62 Å². The number of hydrogen-bond acceptors (Lipinski definition) is 3. The number of halogens is 2. The number of nitrogens with one attached hydrogen (secondary N) is 1. The SMILES string of the molecule is CCN(CC)S(=O)(=O)c1ccc(C(=O)NCc2cc(F)ccc2F)cc1. The van der Waals surface area contributed by atoms with Crippen LogP contribution in [0.5, 0.6) is 0 Å². The van der Waals surface area contributed by atoms with Crippen LogP contribution in [0.15, 0.2) is 47.4 Å². The van der Waals surface area contributed by atoms with E-state index in [0.717, 1.165) is 18.2 Å². The van der Waals surface area contributed by atoms with Crippen molar-refractivity contribution in [3.05, 3.63) is 65.2 Å². The molecule has 0 radical (unpaired) electrons. The van der Waals surface area contributed by atoms with E-state index >= 15 is 0 Å². The molecule has 0 unspecified atom stereocenters. The maximum absolute atomic E-state index is 13.6. The second-order valence-corrected chi connectivity index (χ2v) is 7.47. The maximum atomic E-state index is 13.6. The second-order valence-electron chi connectivity index (χ2n) is 5.53. The van der Waals surface area contributed by atoms with E-state index in [2.05, 4.69) is 5.32 Å². The minimum Gasteiger partial charge on any atom is -0.348 e. The van der Waals surface area contributed by atoms with Crippen LogP contribution >= 0.6 is 0 Å². The van der Waals surface area contributed by atoms with Gasteiger partial charge in [-0.05, 0) is 42.5 Å². The predicted molar refractivity (Wildman–Crippen MR) is 94.1 cm³/mol. The summed E-state index contributed by atoms with van der Waals surface area (Å²) in [5.41, 5.74) is 0.249. The van der Waals surface area contributed by atoms with Gasteiger partial charge in [-0.25, -0.2) is 17.2 Å². The van der Waals surface area contributed by atoms with Crippen molar-refractivity contribution in [1.29, 1.82) is 0 Å². The Labute approximate surface area is 151 Å². The molecule has 0 heterocycles. The molecule has 1 N–H and O–H groups in total. The molecule has 0 saturated carbocycles. The summed E-state index contributed by atoms with van der Waals surface area (Å²) in [5.74, 6) is -1.73. The standard InChI is InChI=1S/C18H20F2N2O3S/c1-3-22(4-2)26(24,25)16-8-5-13(6-9-16)18(23)21-12-14-11-15(19)7-10-17(14)20/h5-11H,3-4,12H2,1-2H3,(H,21,23). The lowest BCUT2D eigenvalue weighted by atomic mass is 10.2. The Kier molecular flexibility index (Phi) is 6.44. The first-order valence-electron chi connectivity index (χ1n) is 8.12. The smallest absolute Gasteiger partial charge is 0.251 e. The molecule has 0 aliphatic rings. The van der Waals surface area contributed by atoms with Gasteiger partial charge >= 0.3 is 0 Å². The van der Waals surface area contributed by atoms with Crippen molar-refractivity contribution < 1.29 is 22.0 Å². The van der Waals surface area contributed by atoms with Gasteiger partial charge in [-0.15, -0.1) is 0 Å². The topological polar surface area (TPSA) is 66.5 Å². The largest absolute Gasteiger partial charge is 0.348 e. The van der Waals surface area contributed by atoms with Gasteiger partial charge in [-0.2, -0.15) is 4.31 Å². The molecule has 0 aliphatic heterocycles. The second kappa shape index (κ2) is 8.37. The van der Waals surface area contributed by atoms with E-state index < -0.39 is 27.6 Å². The fourth-order valence-corrected chi connectivity index (χ4v) is 3.91. The summed E-state index contributed by atoms with van der Waals surface area (Å²) in [6.45, 7) is 4.01. The Hall–Kier alpha value is -2.32. The van der Waals surface area contributed by atoms with E-state index in [-0.39, 0.29) is 22.6 Å². The highest BCUT2D eigenvalue weighted by molar-refractivity contribution is 7.89. The van der Waals surface area contributed by atoms with Crippen LogP contribution in [-0.2, 0) is 16.6 Å². The van der Waals surface area contributed by atoms with Gasteiger partial charge in [0.25, 0.3) is 5.91 Å². The summed E-state index contributed by atoms with van der Waals surface area (Å²) in [6, 6.07) is 8.47. The van der Waals surface area contributed by atoms with Gasteiger partial charge in [0.2, 0.25) is 10.0 Å². The number of carbonyl (C=O) groups is 1. The van der Waals surface area contributed by atoms with E-state index in [0.29, 0.717) is 13.1 Å². The molecule has 2 aromatic rings. The molecule has 0 aromatic heterocycles. The van der Waals surface area contributed by atoms with E-state index in [9.17, 15) is 22.0 Å². The minimum absolute atomic E-state index is 0.0269. The molecule has 2 rings (SSSR count). The van der Waals surface area contributed by atoms with Crippen molar-refractivity contribution in [3.63, 3.8) is 0 Å². The van der Waals surface area contributed by atoms with Crippen LogP contribution in [0, 0.1) is 11.6 Å². The van der Waals surface area contributed by atoms with Gasteiger partial charge in [0, 0.05) is 30.8 Å². The van der Waals surface area contributed by atoms with Crippen molar-refractivity contribution in [3.8, 4) is 0 Å². The third-order valence-electron chi connectivity index (χ3n) is 3.91. The van der Waals surface area contributed by atoms with E-state index in [1.807, 2.05) is 0 Å². The number of rotatable bonds is 7. The van der Waals surface area contributed by atoms with Crippen molar-refractivity contribution >= 4 is 15.9 Å². The van der Waals surface area contributed by atoms with Crippen molar-refractivity contribution in [2.45, 2.75) is 25.3 Å². The maximum Gasteiger partial charge on any atom is 0.251 e. The third-order valence-corrected chi connectivity index (χ3v) is 5.97. The molecule has 0 saturated heterocycles. The number of benzene rings is 2.